The van der Waals surface area contributed by atoms with Gasteiger partial charge in [0.15, 0.2) is 0 Å². The highest BCUT2D eigenvalue weighted by molar-refractivity contribution is 9.10. The van der Waals surface area contributed by atoms with Crippen LogP contribution in [0.3, 0.4) is 0 Å². The molecule has 0 radical (unpaired) electrons. The van der Waals surface area contributed by atoms with Gasteiger partial charge in [0.2, 0.25) is 0 Å². The van der Waals surface area contributed by atoms with Crippen molar-refractivity contribution in [3.63, 3.8) is 0 Å². The van der Waals surface area contributed by atoms with Gasteiger partial charge in [-0.05, 0) is 40.5 Å². The summed E-state index contributed by atoms with van der Waals surface area (Å²) in [6.07, 6.45) is 0.0379. The van der Waals surface area contributed by atoms with E-state index in [1.54, 1.807) is 6.92 Å². The average Bonchev–Trinajstić information content (AvgIpc) is 2.25. The normalized spacial score (nSPS) is 11.9. The van der Waals surface area contributed by atoms with E-state index < -0.39 is 6.10 Å². The fourth-order valence-electron chi connectivity index (χ4n) is 1.43. The lowest BCUT2D eigenvalue weighted by atomic mass is 10.1. The summed E-state index contributed by atoms with van der Waals surface area (Å²) < 4.78 is 0.936. The van der Waals surface area contributed by atoms with Crippen molar-refractivity contribution in [1.29, 1.82) is 5.26 Å². The molecule has 0 saturated carbocycles. The molecule has 16 heavy (non-hydrogen) atoms. The van der Waals surface area contributed by atoms with Gasteiger partial charge >= 0.3 is 0 Å². The van der Waals surface area contributed by atoms with E-state index in [2.05, 4.69) is 22.0 Å². The molecule has 0 aromatic heterocycles. The molecule has 1 rings (SSSR count). The number of nitrogens with zero attached hydrogens (tertiary/aromatic N) is 2. The van der Waals surface area contributed by atoms with E-state index in [9.17, 15) is 5.11 Å². The van der Waals surface area contributed by atoms with Crippen LogP contribution < -0.4 is 4.90 Å². The summed E-state index contributed by atoms with van der Waals surface area (Å²) in [5.74, 6) is 0. The number of halogens is 1. The molecule has 0 aliphatic heterocycles. The van der Waals surface area contributed by atoms with Crippen LogP contribution in [0.5, 0.6) is 0 Å². The number of benzene rings is 1. The third-order valence-corrected chi connectivity index (χ3v) is 3.06. The van der Waals surface area contributed by atoms with Gasteiger partial charge in [0, 0.05) is 18.1 Å². The van der Waals surface area contributed by atoms with Crippen LogP contribution in [0.25, 0.3) is 0 Å². The van der Waals surface area contributed by atoms with Crippen molar-refractivity contribution in [1.82, 2.24) is 0 Å². The molecular formula is C12H15BrN2O. The Bertz CT molecular complexity index is 398. The Hall–Kier alpha value is -1.05. The number of aliphatic hydroxyl groups excluding tert-OH is 1. The molecule has 1 aromatic rings. The summed E-state index contributed by atoms with van der Waals surface area (Å²) in [5, 5.41) is 18.0. The number of nitriles is 1. The first-order chi connectivity index (χ1) is 7.56. The quantitative estimate of drug-likeness (QED) is 0.924. The second-order valence-electron chi connectivity index (χ2n) is 3.72. The van der Waals surface area contributed by atoms with Crippen LogP contribution in [0, 0.1) is 11.3 Å². The molecule has 86 valence electrons. The number of rotatable bonds is 4. The Morgan fingerprint density at radius 3 is 2.75 bits per heavy atom. The molecule has 0 aliphatic rings. The molecule has 3 nitrogen and oxygen atoms in total. The SMILES string of the molecule is C[C@H](O)c1ccc(N(C)CCC#N)c(Br)c1. The first-order valence-electron chi connectivity index (χ1n) is 5.12. The van der Waals surface area contributed by atoms with E-state index in [0.717, 1.165) is 15.7 Å². The summed E-state index contributed by atoms with van der Waals surface area (Å²) in [6, 6.07) is 7.87. The maximum Gasteiger partial charge on any atom is 0.0762 e. The average molecular weight is 283 g/mol. The van der Waals surface area contributed by atoms with Crippen LogP contribution in [0.1, 0.15) is 25.0 Å². The summed E-state index contributed by atoms with van der Waals surface area (Å²) in [4.78, 5) is 2.01. The van der Waals surface area contributed by atoms with Gasteiger partial charge < -0.3 is 10.0 Å². The number of anilines is 1. The molecule has 0 spiro atoms. The van der Waals surface area contributed by atoms with Gasteiger partial charge in [0.05, 0.1) is 24.3 Å². The highest BCUT2D eigenvalue weighted by Crippen LogP contribution is 2.28. The smallest absolute Gasteiger partial charge is 0.0762 e. The Morgan fingerprint density at radius 1 is 1.56 bits per heavy atom. The van der Waals surface area contributed by atoms with Gasteiger partial charge in [-0.1, -0.05) is 6.07 Å². The van der Waals surface area contributed by atoms with Gasteiger partial charge in [-0.2, -0.15) is 5.26 Å². The molecule has 4 heteroatoms. The van der Waals surface area contributed by atoms with Crippen molar-refractivity contribution in [3.8, 4) is 6.07 Å². The lowest BCUT2D eigenvalue weighted by molar-refractivity contribution is 0.199. The van der Waals surface area contributed by atoms with Gasteiger partial charge in [-0.15, -0.1) is 0 Å². The van der Waals surface area contributed by atoms with E-state index in [1.165, 1.54) is 0 Å². The monoisotopic (exact) mass is 282 g/mol. The molecule has 1 aromatic carbocycles. The van der Waals surface area contributed by atoms with Gasteiger partial charge in [0.25, 0.3) is 0 Å². The van der Waals surface area contributed by atoms with Gasteiger partial charge in [-0.25, -0.2) is 0 Å². The van der Waals surface area contributed by atoms with Crippen LogP contribution >= 0.6 is 15.9 Å². The summed E-state index contributed by atoms with van der Waals surface area (Å²) in [5.41, 5.74) is 1.91. The van der Waals surface area contributed by atoms with Crippen LogP contribution in [0.2, 0.25) is 0 Å². The lowest BCUT2D eigenvalue weighted by Gasteiger charge is -2.20. The van der Waals surface area contributed by atoms with Crippen molar-refractivity contribution < 1.29 is 5.11 Å². The molecule has 0 unspecified atom stereocenters. The minimum atomic E-state index is -0.463. The molecule has 1 N–H and O–H groups in total. The molecule has 0 heterocycles. The second-order valence-corrected chi connectivity index (χ2v) is 4.57. The van der Waals surface area contributed by atoms with E-state index >= 15 is 0 Å². The van der Waals surface area contributed by atoms with Crippen molar-refractivity contribution in [2.75, 3.05) is 18.5 Å². The Labute approximate surface area is 104 Å². The topological polar surface area (TPSA) is 47.3 Å². The molecule has 0 aliphatic carbocycles. The maximum atomic E-state index is 9.44. The zero-order valence-electron chi connectivity index (χ0n) is 9.44. The van der Waals surface area contributed by atoms with Crippen molar-refractivity contribution >= 4 is 21.6 Å². The maximum absolute atomic E-state index is 9.44. The van der Waals surface area contributed by atoms with Crippen LogP contribution in [-0.2, 0) is 0 Å². The summed E-state index contributed by atoms with van der Waals surface area (Å²) in [6.45, 7) is 2.43. The highest BCUT2D eigenvalue weighted by atomic mass is 79.9. The van der Waals surface area contributed by atoms with E-state index in [-0.39, 0.29) is 0 Å². The first kappa shape index (κ1) is 13.0. The third kappa shape index (κ3) is 3.22. The van der Waals surface area contributed by atoms with E-state index in [4.69, 9.17) is 5.26 Å². The molecule has 0 amide bonds. The zero-order valence-corrected chi connectivity index (χ0v) is 11.0. The highest BCUT2D eigenvalue weighted by Gasteiger charge is 2.08. The fraction of sp³-hybridized carbons (Fsp3) is 0.417. The molecular weight excluding hydrogens is 268 g/mol. The fourth-order valence-corrected chi connectivity index (χ4v) is 2.13. The van der Waals surface area contributed by atoms with Crippen LogP contribution in [0.4, 0.5) is 5.69 Å². The van der Waals surface area contributed by atoms with Crippen molar-refractivity contribution in [2.24, 2.45) is 0 Å². The largest absolute Gasteiger partial charge is 0.389 e. The van der Waals surface area contributed by atoms with Gasteiger partial charge in [-0.3, -0.25) is 0 Å². The van der Waals surface area contributed by atoms with E-state index in [0.29, 0.717) is 13.0 Å². The van der Waals surface area contributed by atoms with Crippen LogP contribution in [-0.4, -0.2) is 18.7 Å². The summed E-state index contributed by atoms with van der Waals surface area (Å²) in [7, 11) is 1.94. The molecule has 0 saturated heterocycles. The third-order valence-electron chi connectivity index (χ3n) is 2.42. The first-order valence-corrected chi connectivity index (χ1v) is 5.91. The predicted molar refractivity (Wildman–Crippen MR) is 68.3 cm³/mol. The number of hydrogen-bond acceptors (Lipinski definition) is 3. The zero-order chi connectivity index (χ0) is 12.1. The lowest BCUT2D eigenvalue weighted by Crippen LogP contribution is -2.18. The second kappa shape index (κ2) is 5.88. The van der Waals surface area contributed by atoms with Crippen molar-refractivity contribution in [3.05, 3.63) is 28.2 Å². The standard InChI is InChI=1S/C12H15BrN2O/c1-9(16)10-4-5-12(11(13)8-10)15(2)7-3-6-14/h4-5,8-9,16H,3,7H2,1-2H3/t9-/m0/s1. The molecule has 1 atom stereocenters. The number of aliphatic hydroxyl groups is 1. The number of hydrogen-bond donors (Lipinski definition) is 1. The van der Waals surface area contributed by atoms with Crippen molar-refractivity contribution in [2.45, 2.75) is 19.4 Å². The Kier molecular flexibility index (Phi) is 4.78. The van der Waals surface area contributed by atoms with E-state index in [1.807, 2.05) is 30.1 Å². The Morgan fingerprint density at radius 2 is 2.25 bits per heavy atom. The minimum absolute atomic E-state index is 0.463. The minimum Gasteiger partial charge on any atom is -0.389 e. The van der Waals surface area contributed by atoms with Gasteiger partial charge in [0.1, 0.15) is 0 Å². The summed E-state index contributed by atoms with van der Waals surface area (Å²) >= 11 is 3.47. The van der Waals surface area contributed by atoms with Crippen LogP contribution in [0.15, 0.2) is 22.7 Å². The predicted octanol–water partition coefficient (Wildman–Crippen LogP) is 2.85. The molecule has 0 bridgehead atoms. The Balaban J connectivity index is 2.86. The molecule has 0 fully saturated rings.